The number of amides is 1. The Balaban J connectivity index is 1.76. The topological polar surface area (TPSA) is 75.3 Å². The molecule has 138 valence electrons. The van der Waals surface area contributed by atoms with Gasteiger partial charge in [-0.2, -0.15) is 0 Å². The maximum Gasteiger partial charge on any atom is 0.256 e. The maximum absolute atomic E-state index is 12.6. The van der Waals surface area contributed by atoms with E-state index in [0.29, 0.717) is 5.69 Å². The van der Waals surface area contributed by atoms with E-state index in [1.165, 1.54) is 12.1 Å². The molecule has 0 unspecified atom stereocenters. The molecule has 0 aliphatic carbocycles. The minimum Gasteiger partial charge on any atom is -0.356 e. The third-order valence-electron chi connectivity index (χ3n) is 4.05. The third-order valence-corrected chi connectivity index (χ3v) is 5.84. The zero-order valence-electron chi connectivity index (χ0n) is 14.8. The molecule has 6 heteroatoms. The van der Waals surface area contributed by atoms with Crippen LogP contribution in [0.15, 0.2) is 83.8 Å². The van der Waals surface area contributed by atoms with Gasteiger partial charge in [-0.1, -0.05) is 37.3 Å². The summed E-state index contributed by atoms with van der Waals surface area (Å²) in [6.45, 7) is 1.56. The summed E-state index contributed by atoms with van der Waals surface area (Å²) in [7, 11) is -3.48. The van der Waals surface area contributed by atoms with Gasteiger partial charge in [0.05, 0.1) is 16.2 Å². The van der Waals surface area contributed by atoms with Gasteiger partial charge in [0.1, 0.15) is 0 Å². The highest BCUT2D eigenvalue weighted by Gasteiger charge is 2.20. The number of nitrogens with one attached hydrogen (secondary N) is 2. The molecule has 5 nitrogen and oxygen atoms in total. The van der Waals surface area contributed by atoms with Gasteiger partial charge in [0, 0.05) is 17.1 Å². The van der Waals surface area contributed by atoms with Crippen LogP contribution in [-0.4, -0.2) is 20.1 Å². The summed E-state index contributed by atoms with van der Waals surface area (Å²) < 4.78 is 24.4. The van der Waals surface area contributed by atoms with Crippen molar-refractivity contribution in [3.05, 3.63) is 84.4 Å². The molecule has 0 aromatic heterocycles. The number of hydrogen-bond donors (Lipinski definition) is 2. The molecule has 0 fully saturated rings. The van der Waals surface area contributed by atoms with Crippen molar-refractivity contribution in [2.24, 2.45) is 0 Å². The molecular formula is C21H20N2O3S. The minimum absolute atomic E-state index is 0.0485. The molecule has 0 radical (unpaired) electrons. The largest absolute Gasteiger partial charge is 0.356 e. The van der Waals surface area contributed by atoms with Gasteiger partial charge in [-0.15, -0.1) is 0 Å². The van der Waals surface area contributed by atoms with Crippen LogP contribution in [0.4, 0.5) is 17.1 Å². The first kappa shape index (κ1) is 18.7. The molecule has 0 bridgehead atoms. The van der Waals surface area contributed by atoms with E-state index < -0.39 is 15.7 Å². The molecule has 0 aliphatic heterocycles. The second-order valence-electron chi connectivity index (χ2n) is 5.92. The average Bonchev–Trinajstić information content (AvgIpc) is 2.70. The molecule has 2 N–H and O–H groups in total. The van der Waals surface area contributed by atoms with Crippen molar-refractivity contribution < 1.29 is 13.2 Å². The highest BCUT2D eigenvalue weighted by molar-refractivity contribution is 7.91. The van der Waals surface area contributed by atoms with Gasteiger partial charge in [-0.25, -0.2) is 8.42 Å². The van der Waals surface area contributed by atoms with Crippen molar-refractivity contribution in [2.45, 2.75) is 11.8 Å². The van der Waals surface area contributed by atoms with E-state index in [4.69, 9.17) is 0 Å². The Morgan fingerprint density at radius 3 is 2.00 bits per heavy atom. The van der Waals surface area contributed by atoms with Crippen LogP contribution in [0.25, 0.3) is 0 Å². The van der Waals surface area contributed by atoms with Crippen molar-refractivity contribution in [2.75, 3.05) is 16.4 Å². The van der Waals surface area contributed by atoms with E-state index in [0.717, 1.165) is 11.4 Å². The van der Waals surface area contributed by atoms with Crippen LogP contribution in [0.1, 0.15) is 17.3 Å². The lowest BCUT2D eigenvalue weighted by Crippen LogP contribution is -2.17. The number of sulfone groups is 1. The van der Waals surface area contributed by atoms with E-state index >= 15 is 0 Å². The summed E-state index contributed by atoms with van der Waals surface area (Å²) >= 11 is 0. The Morgan fingerprint density at radius 1 is 0.778 bits per heavy atom. The fourth-order valence-corrected chi connectivity index (χ4v) is 3.70. The molecule has 3 rings (SSSR count). The molecule has 0 spiro atoms. The van der Waals surface area contributed by atoms with Crippen molar-refractivity contribution in [1.82, 2.24) is 0 Å². The monoisotopic (exact) mass is 380 g/mol. The van der Waals surface area contributed by atoms with Crippen LogP contribution >= 0.6 is 0 Å². The zero-order valence-corrected chi connectivity index (χ0v) is 15.7. The van der Waals surface area contributed by atoms with E-state index in [1.807, 2.05) is 42.5 Å². The fourth-order valence-electron chi connectivity index (χ4n) is 2.60. The van der Waals surface area contributed by atoms with Crippen LogP contribution in [0.2, 0.25) is 0 Å². The van der Waals surface area contributed by atoms with E-state index in [-0.39, 0.29) is 16.2 Å². The first-order valence-electron chi connectivity index (χ1n) is 8.55. The smallest absolute Gasteiger partial charge is 0.256 e. The normalized spacial score (nSPS) is 11.0. The van der Waals surface area contributed by atoms with Gasteiger partial charge in [-0.3, -0.25) is 4.79 Å². The Morgan fingerprint density at radius 2 is 1.33 bits per heavy atom. The zero-order chi connectivity index (χ0) is 19.3. The van der Waals surface area contributed by atoms with E-state index in [2.05, 4.69) is 10.6 Å². The molecular weight excluding hydrogens is 360 g/mol. The first-order valence-corrected chi connectivity index (χ1v) is 10.2. The summed E-state index contributed by atoms with van der Waals surface area (Å²) in [5.41, 5.74) is 2.58. The molecule has 3 aromatic rings. The van der Waals surface area contributed by atoms with Crippen molar-refractivity contribution in [3.8, 4) is 0 Å². The van der Waals surface area contributed by atoms with Crippen LogP contribution in [0, 0.1) is 0 Å². The number of hydrogen-bond acceptors (Lipinski definition) is 4. The summed E-state index contributed by atoms with van der Waals surface area (Å²) in [4.78, 5) is 12.6. The standard InChI is InChI=1S/C21H20N2O3S/c1-2-27(25,26)20-11-7-6-10-19(20)21(24)23-18-14-12-17(13-15-18)22-16-8-4-3-5-9-16/h3-15,22H,2H2,1H3,(H,23,24). The number of anilines is 3. The van der Waals surface area contributed by atoms with Crippen molar-refractivity contribution >= 4 is 32.8 Å². The maximum atomic E-state index is 12.6. The van der Waals surface area contributed by atoms with Crippen molar-refractivity contribution in [3.63, 3.8) is 0 Å². The Hall–Kier alpha value is -3.12. The second kappa shape index (κ2) is 8.05. The van der Waals surface area contributed by atoms with Gasteiger partial charge in [0.25, 0.3) is 5.91 Å². The number of carbonyl (C=O) groups is 1. The van der Waals surface area contributed by atoms with E-state index in [9.17, 15) is 13.2 Å². The van der Waals surface area contributed by atoms with Gasteiger partial charge in [0.15, 0.2) is 9.84 Å². The summed E-state index contributed by atoms with van der Waals surface area (Å²) in [6.07, 6.45) is 0. The number of carbonyl (C=O) groups excluding carboxylic acids is 1. The number of para-hydroxylation sites is 1. The van der Waals surface area contributed by atoms with Crippen LogP contribution in [-0.2, 0) is 9.84 Å². The summed E-state index contributed by atoms with van der Waals surface area (Å²) in [5.74, 6) is -0.511. The fraction of sp³-hybridized carbons (Fsp3) is 0.0952. The number of rotatable bonds is 6. The van der Waals surface area contributed by atoms with Crippen LogP contribution < -0.4 is 10.6 Å². The summed E-state index contributed by atoms with van der Waals surface area (Å²) in [6, 6.07) is 23.2. The summed E-state index contributed by atoms with van der Waals surface area (Å²) in [5, 5.41) is 6.02. The predicted octanol–water partition coefficient (Wildman–Crippen LogP) is 4.48. The SMILES string of the molecule is CCS(=O)(=O)c1ccccc1C(=O)Nc1ccc(Nc2ccccc2)cc1. The Labute approximate surface area is 159 Å². The van der Waals surface area contributed by atoms with Gasteiger partial charge >= 0.3 is 0 Å². The lowest BCUT2D eigenvalue weighted by Gasteiger charge is -2.11. The van der Waals surface area contributed by atoms with Gasteiger partial charge in [0.2, 0.25) is 0 Å². The third kappa shape index (κ3) is 4.54. The van der Waals surface area contributed by atoms with Gasteiger partial charge < -0.3 is 10.6 Å². The quantitative estimate of drug-likeness (QED) is 0.661. The lowest BCUT2D eigenvalue weighted by atomic mass is 10.2. The second-order valence-corrected chi connectivity index (χ2v) is 8.17. The van der Waals surface area contributed by atoms with E-state index in [1.54, 1.807) is 31.2 Å². The molecule has 0 saturated heterocycles. The van der Waals surface area contributed by atoms with Crippen LogP contribution in [0.3, 0.4) is 0 Å². The predicted molar refractivity (Wildman–Crippen MR) is 108 cm³/mol. The van der Waals surface area contributed by atoms with Crippen LogP contribution in [0.5, 0.6) is 0 Å². The first-order chi connectivity index (χ1) is 13.0. The molecule has 0 aliphatic rings. The van der Waals surface area contributed by atoms with Gasteiger partial charge in [-0.05, 0) is 48.5 Å². The molecule has 1 amide bonds. The Bertz CT molecular complexity index is 1030. The molecule has 0 heterocycles. The lowest BCUT2D eigenvalue weighted by molar-refractivity contribution is 0.102. The van der Waals surface area contributed by atoms with Crippen molar-refractivity contribution in [1.29, 1.82) is 0 Å². The molecule has 0 saturated carbocycles. The Kier molecular flexibility index (Phi) is 5.57. The number of benzene rings is 3. The molecule has 0 atom stereocenters. The highest BCUT2D eigenvalue weighted by atomic mass is 32.2. The minimum atomic E-state index is -3.48. The molecule has 3 aromatic carbocycles. The highest BCUT2D eigenvalue weighted by Crippen LogP contribution is 2.21. The molecule has 27 heavy (non-hydrogen) atoms. The average molecular weight is 380 g/mol.